The van der Waals surface area contributed by atoms with Gasteiger partial charge < -0.3 is 15.5 Å². The van der Waals surface area contributed by atoms with Crippen molar-refractivity contribution < 1.29 is 9.59 Å². The Morgan fingerprint density at radius 3 is 2.63 bits per heavy atom. The molecule has 3 aromatic rings. The Morgan fingerprint density at radius 1 is 1.13 bits per heavy atom. The van der Waals surface area contributed by atoms with Gasteiger partial charge in [0.1, 0.15) is 0 Å². The summed E-state index contributed by atoms with van der Waals surface area (Å²) in [4.78, 5) is 27.4. The van der Waals surface area contributed by atoms with Gasteiger partial charge in [-0.2, -0.15) is 5.10 Å². The van der Waals surface area contributed by atoms with Gasteiger partial charge in [-0.1, -0.05) is 12.1 Å². The van der Waals surface area contributed by atoms with Gasteiger partial charge in [0.15, 0.2) is 5.82 Å². The normalized spacial score (nSPS) is 16.7. The molecule has 0 spiro atoms. The van der Waals surface area contributed by atoms with E-state index >= 15 is 0 Å². The van der Waals surface area contributed by atoms with E-state index in [0.717, 1.165) is 39.8 Å². The van der Waals surface area contributed by atoms with Crippen LogP contribution in [0, 0.1) is 6.92 Å². The second-order valence-electron chi connectivity index (χ2n) is 7.87. The van der Waals surface area contributed by atoms with Gasteiger partial charge in [0.25, 0.3) is 0 Å². The molecule has 2 heterocycles. The molecular formula is C23H25N5O2. The van der Waals surface area contributed by atoms with Crippen LogP contribution < -0.4 is 10.6 Å². The molecule has 0 radical (unpaired) electrons. The van der Waals surface area contributed by atoms with Crippen LogP contribution in [0.5, 0.6) is 0 Å². The van der Waals surface area contributed by atoms with Gasteiger partial charge in [0.05, 0.1) is 6.20 Å². The van der Waals surface area contributed by atoms with Crippen LogP contribution in [0.2, 0.25) is 0 Å². The number of aryl methyl sites for hydroxylation is 1. The van der Waals surface area contributed by atoms with Gasteiger partial charge in [0.2, 0.25) is 11.8 Å². The van der Waals surface area contributed by atoms with Crippen LogP contribution >= 0.6 is 0 Å². The van der Waals surface area contributed by atoms with E-state index in [1.807, 2.05) is 30.0 Å². The first-order valence-electron chi connectivity index (χ1n) is 10.0. The molecule has 1 saturated heterocycles. The Kier molecular flexibility index (Phi) is 5.11. The van der Waals surface area contributed by atoms with Crippen molar-refractivity contribution in [3.8, 4) is 11.1 Å². The van der Waals surface area contributed by atoms with Crippen LogP contribution in [0.4, 0.5) is 5.82 Å². The van der Waals surface area contributed by atoms with Crippen molar-refractivity contribution in [2.24, 2.45) is 5.73 Å². The van der Waals surface area contributed by atoms with E-state index in [1.54, 1.807) is 19.2 Å². The molecule has 0 aliphatic carbocycles. The number of aromatic nitrogens is 2. The minimum atomic E-state index is -0.441. The van der Waals surface area contributed by atoms with Gasteiger partial charge in [0, 0.05) is 48.9 Å². The van der Waals surface area contributed by atoms with Crippen molar-refractivity contribution in [1.82, 2.24) is 15.1 Å². The number of primary amides is 1. The lowest BCUT2D eigenvalue weighted by atomic mass is 9.96. The highest BCUT2D eigenvalue weighted by Gasteiger charge is 2.27. The van der Waals surface area contributed by atoms with Crippen molar-refractivity contribution in [2.45, 2.75) is 26.8 Å². The number of nitrogens with two attached hydrogens (primary N) is 1. The van der Waals surface area contributed by atoms with E-state index in [2.05, 4.69) is 34.2 Å². The third-order valence-corrected chi connectivity index (χ3v) is 5.82. The first-order chi connectivity index (χ1) is 14.3. The molecule has 1 aliphatic heterocycles. The van der Waals surface area contributed by atoms with Crippen LogP contribution in [0.1, 0.15) is 29.8 Å². The molecule has 0 saturated carbocycles. The highest BCUT2D eigenvalue weighted by Crippen LogP contribution is 2.32. The first kappa shape index (κ1) is 19.8. The van der Waals surface area contributed by atoms with Gasteiger partial charge in [-0.3, -0.25) is 9.59 Å². The number of piperazine rings is 1. The number of hydrogen-bond donors (Lipinski definition) is 1. The van der Waals surface area contributed by atoms with E-state index in [0.29, 0.717) is 18.7 Å². The minimum absolute atomic E-state index is 0.101. The van der Waals surface area contributed by atoms with Crippen molar-refractivity contribution in [2.75, 3.05) is 24.5 Å². The van der Waals surface area contributed by atoms with E-state index < -0.39 is 5.91 Å². The molecule has 2 amide bonds. The fourth-order valence-corrected chi connectivity index (χ4v) is 4.10. The summed E-state index contributed by atoms with van der Waals surface area (Å²) in [6.45, 7) is 7.78. The summed E-state index contributed by atoms with van der Waals surface area (Å²) in [5.41, 5.74) is 8.98. The third-order valence-electron chi connectivity index (χ3n) is 5.82. The largest absolute Gasteiger partial charge is 0.366 e. The first-order valence-corrected chi connectivity index (χ1v) is 10.0. The number of anilines is 1. The number of carbonyl (C=O) groups is 2. The van der Waals surface area contributed by atoms with Crippen LogP contribution in [0.25, 0.3) is 21.9 Å². The number of carbonyl (C=O) groups excluding carboxylic acids is 2. The summed E-state index contributed by atoms with van der Waals surface area (Å²) in [5, 5.41) is 10.6. The molecule has 2 aromatic carbocycles. The Bertz CT molecular complexity index is 1140. The van der Waals surface area contributed by atoms with Crippen molar-refractivity contribution in [3.63, 3.8) is 0 Å². The van der Waals surface area contributed by atoms with E-state index in [1.165, 1.54) is 0 Å². The zero-order valence-corrected chi connectivity index (χ0v) is 17.4. The quantitative estimate of drug-likeness (QED) is 0.726. The maximum Gasteiger partial charge on any atom is 0.248 e. The summed E-state index contributed by atoms with van der Waals surface area (Å²) in [7, 11) is 0. The lowest BCUT2D eigenvalue weighted by Crippen LogP contribution is -2.53. The highest BCUT2D eigenvalue weighted by molar-refractivity contribution is 5.97. The van der Waals surface area contributed by atoms with Crippen LogP contribution in [-0.2, 0) is 4.79 Å². The number of fused-ring (bicyclic) bond motifs is 1. The Labute approximate surface area is 175 Å². The molecule has 30 heavy (non-hydrogen) atoms. The summed E-state index contributed by atoms with van der Waals surface area (Å²) >= 11 is 0. The number of benzene rings is 2. The van der Waals surface area contributed by atoms with Gasteiger partial charge in [-0.15, -0.1) is 5.10 Å². The van der Waals surface area contributed by atoms with Gasteiger partial charge in [-0.05, 0) is 54.8 Å². The summed E-state index contributed by atoms with van der Waals surface area (Å²) in [6.07, 6.45) is 1.76. The SMILES string of the molecule is CC(=O)N1CCN(c2nncc3cc(-c4cc(C(N)=O)ccc4C)ccc23)[C@@H](C)C1. The Morgan fingerprint density at radius 2 is 1.93 bits per heavy atom. The molecule has 7 nitrogen and oxygen atoms in total. The van der Waals surface area contributed by atoms with Crippen molar-refractivity contribution >= 4 is 28.4 Å². The predicted octanol–water partition coefficient (Wildman–Crippen LogP) is 2.76. The zero-order valence-electron chi connectivity index (χ0n) is 17.4. The lowest BCUT2D eigenvalue weighted by molar-refractivity contribution is -0.129. The average molecular weight is 403 g/mol. The maximum atomic E-state index is 11.7. The highest BCUT2D eigenvalue weighted by atomic mass is 16.2. The molecule has 1 aliphatic rings. The van der Waals surface area contributed by atoms with Crippen LogP contribution in [0.3, 0.4) is 0 Å². The van der Waals surface area contributed by atoms with Gasteiger partial charge in [-0.25, -0.2) is 0 Å². The minimum Gasteiger partial charge on any atom is -0.366 e. The summed E-state index contributed by atoms with van der Waals surface area (Å²) in [5.74, 6) is 0.491. The average Bonchev–Trinajstić information content (AvgIpc) is 2.73. The molecule has 7 heteroatoms. The van der Waals surface area contributed by atoms with E-state index in [9.17, 15) is 9.59 Å². The number of rotatable bonds is 3. The van der Waals surface area contributed by atoms with E-state index in [-0.39, 0.29) is 11.9 Å². The van der Waals surface area contributed by atoms with Crippen molar-refractivity contribution in [3.05, 3.63) is 53.7 Å². The second kappa shape index (κ2) is 7.74. The zero-order chi connectivity index (χ0) is 21.4. The molecule has 1 fully saturated rings. The number of hydrogen-bond acceptors (Lipinski definition) is 5. The van der Waals surface area contributed by atoms with Crippen LogP contribution in [0.15, 0.2) is 42.6 Å². The fourth-order valence-electron chi connectivity index (χ4n) is 4.10. The third kappa shape index (κ3) is 3.58. The van der Waals surface area contributed by atoms with Crippen LogP contribution in [-0.4, -0.2) is 52.6 Å². The molecule has 1 atom stereocenters. The predicted molar refractivity (Wildman–Crippen MR) is 117 cm³/mol. The Hall–Kier alpha value is -3.48. The molecule has 0 unspecified atom stereocenters. The smallest absolute Gasteiger partial charge is 0.248 e. The number of nitrogens with zero attached hydrogens (tertiary/aromatic N) is 4. The van der Waals surface area contributed by atoms with Crippen molar-refractivity contribution in [1.29, 1.82) is 0 Å². The molecule has 4 rings (SSSR count). The Balaban J connectivity index is 1.73. The lowest BCUT2D eigenvalue weighted by Gasteiger charge is -2.40. The van der Waals surface area contributed by atoms with E-state index in [4.69, 9.17) is 5.73 Å². The standard InChI is InChI=1S/C23H25N5O2/c1-14-4-5-18(22(24)30)11-21(14)17-6-7-20-19(10-17)12-25-26-23(20)28-9-8-27(16(3)29)13-15(28)2/h4-7,10-12,15H,8-9,13H2,1-3H3,(H2,24,30)/t15-/m0/s1. The second-order valence-corrected chi connectivity index (χ2v) is 7.87. The molecular weight excluding hydrogens is 378 g/mol. The summed E-state index contributed by atoms with van der Waals surface area (Å²) in [6, 6.07) is 11.8. The molecule has 0 bridgehead atoms. The van der Waals surface area contributed by atoms with Gasteiger partial charge >= 0.3 is 0 Å². The molecule has 1 aromatic heterocycles. The number of amides is 2. The molecule has 154 valence electrons. The summed E-state index contributed by atoms with van der Waals surface area (Å²) < 4.78 is 0. The molecule has 2 N–H and O–H groups in total. The topological polar surface area (TPSA) is 92.4 Å². The maximum absolute atomic E-state index is 11.7. The fraction of sp³-hybridized carbons (Fsp3) is 0.304. The monoisotopic (exact) mass is 403 g/mol.